The molecule has 0 aromatic heterocycles. The van der Waals surface area contributed by atoms with Crippen molar-refractivity contribution in [3.05, 3.63) is 70.5 Å². The minimum atomic E-state index is -0.803. The molecule has 0 unspecified atom stereocenters. The lowest BCUT2D eigenvalue weighted by molar-refractivity contribution is -0.140. The van der Waals surface area contributed by atoms with Gasteiger partial charge in [0, 0.05) is 31.7 Å². The van der Waals surface area contributed by atoms with Gasteiger partial charge in [-0.2, -0.15) is 0 Å². The van der Waals surface area contributed by atoms with E-state index in [4.69, 9.17) is 9.47 Å². The third-order valence-electron chi connectivity index (χ3n) is 6.72. The quantitative estimate of drug-likeness (QED) is 0.308. The summed E-state index contributed by atoms with van der Waals surface area (Å²) in [6.07, 6.45) is 0.658. The monoisotopic (exact) mass is 510 g/mol. The molecule has 7 nitrogen and oxygen atoms in total. The summed E-state index contributed by atoms with van der Waals surface area (Å²) in [5.74, 6) is -1.00. The van der Waals surface area contributed by atoms with Crippen molar-refractivity contribution >= 4 is 17.4 Å². The van der Waals surface area contributed by atoms with Gasteiger partial charge in [-0.1, -0.05) is 26.0 Å². The topological polar surface area (TPSA) is 79.3 Å². The first kappa shape index (κ1) is 26.8. The molecule has 2 aromatic rings. The normalized spacial score (nSPS) is 20.1. The number of nitrogens with zero attached hydrogens (tertiary/aromatic N) is 2. The molecule has 2 fully saturated rings. The maximum absolute atomic E-state index is 13.7. The highest BCUT2D eigenvalue weighted by molar-refractivity contribution is 6.46. The zero-order valence-corrected chi connectivity index (χ0v) is 21.7. The van der Waals surface area contributed by atoms with E-state index in [-0.39, 0.29) is 11.3 Å². The van der Waals surface area contributed by atoms with Crippen molar-refractivity contribution in [3.8, 4) is 5.75 Å². The summed E-state index contributed by atoms with van der Waals surface area (Å²) in [6.45, 7) is 10.7. The summed E-state index contributed by atoms with van der Waals surface area (Å²) in [6, 6.07) is 10.1. The molecule has 2 aliphatic heterocycles. The van der Waals surface area contributed by atoms with Crippen LogP contribution in [0.15, 0.2) is 48.0 Å². The average molecular weight is 511 g/mol. The predicted molar refractivity (Wildman–Crippen MR) is 139 cm³/mol. The van der Waals surface area contributed by atoms with Crippen molar-refractivity contribution in [3.63, 3.8) is 0 Å². The standard InChI is InChI=1S/C29H35FN2O5/c1-19(2)18-37-24-10-7-22(17-20(24)3)27(33)25-26(21-5-8-23(30)9-6-21)32(29(35)28(25)34)12-4-11-31-13-15-36-16-14-31/h5-10,17,19,26,33H,4,11-16,18H2,1-3H3/t26-/m0/s1. The molecule has 0 spiro atoms. The number of hydrogen-bond donors (Lipinski definition) is 1. The van der Waals surface area contributed by atoms with E-state index in [0.717, 1.165) is 25.2 Å². The van der Waals surface area contributed by atoms with Gasteiger partial charge in [0.15, 0.2) is 0 Å². The van der Waals surface area contributed by atoms with E-state index >= 15 is 0 Å². The third kappa shape index (κ3) is 6.19. The van der Waals surface area contributed by atoms with Crippen molar-refractivity contribution in [2.24, 2.45) is 5.92 Å². The molecule has 4 rings (SSSR count). The van der Waals surface area contributed by atoms with Gasteiger partial charge in [-0.05, 0) is 60.7 Å². The minimum absolute atomic E-state index is 0.0122. The van der Waals surface area contributed by atoms with Crippen LogP contribution in [0.1, 0.15) is 43.0 Å². The van der Waals surface area contributed by atoms with Gasteiger partial charge in [0.2, 0.25) is 0 Å². The van der Waals surface area contributed by atoms with Crippen molar-refractivity contribution in [1.82, 2.24) is 9.80 Å². The lowest BCUT2D eigenvalue weighted by atomic mass is 9.94. The number of aliphatic hydroxyl groups is 1. The van der Waals surface area contributed by atoms with Gasteiger partial charge in [0.05, 0.1) is 31.4 Å². The number of amides is 1. The highest BCUT2D eigenvalue weighted by Gasteiger charge is 2.45. The van der Waals surface area contributed by atoms with Crippen LogP contribution in [0.4, 0.5) is 4.39 Å². The molecule has 0 saturated carbocycles. The lowest BCUT2D eigenvalue weighted by Gasteiger charge is -2.29. The number of aliphatic hydroxyl groups excluding tert-OH is 1. The van der Waals surface area contributed by atoms with Gasteiger partial charge in [0.1, 0.15) is 17.3 Å². The molecule has 0 bridgehead atoms. The molecule has 2 aliphatic rings. The van der Waals surface area contributed by atoms with Crippen LogP contribution in [0, 0.1) is 18.7 Å². The van der Waals surface area contributed by atoms with Crippen molar-refractivity contribution in [2.75, 3.05) is 46.0 Å². The highest BCUT2D eigenvalue weighted by atomic mass is 19.1. The summed E-state index contributed by atoms with van der Waals surface area (Å²) >= 11 is 0. The second kappa shape index (κ2) is 11.9. The van der Waals surface area contributed by atoms with Crippen molar-refractivity contribution < 1.29 is 28.6 Å². The van der Waals surface area contributed by atoms with Crippen LogP contribution in [0.25, 0.3) is 5.76 Å². The van der Waals surface area contributed by atoms with Crippen molar-refractivity contribution in [2.45, 2.75) is 33.2 Å². The molecule has 1 amide bonds. The number of halogens is 1. The van der Waals surface area contributed by atoms with Crippen LogP contribution in [-0.4, -0.2) is 72.6 Å². The molecular weight excluding hydrogens is 475 g/mol. The second-order valence-corrected chi connectivity index (χ2v) is 10.0. The number of Topliss-reactive ketones (excluding diaryl/α,β-unsaturated/α-hetero) is 1. The first-order chi connectivity index (χ1) is 17.8. The van der Waals surface area contributed by atoms with E-state index in [0.29, 0.717) is 55.6 Å². The first-order valence-corrected chi connectivity index (χ1v) is 12.8. The molecule has 8 heteroatoms. The Morgan fingerprint density at radius 2 is 1.81 bits per heavy atom. The SMILES string of the molecule is Cc1cc(C(O)=C2C(=O)C(=O)N(CCCN3CCOCC3)[C@H]2c2ccc(F)cc2)ccc1OCC(C)C. The summed E-state index contributed by atoms with van der Waals surface area (Å²) in [5, 5.41) is 11.3. The lowest BCUT2D eigenvalue weighted by Crippen LogP contribution is -2.38. The first-order valence-electron chi connectivity index (χ1n) is 12.8. The van der Waals surface area contributed by atoms with Gasteiger partial charge >= 0.3 is 0 Å². The molecule has 2 aromatic carbocycles. The Hall–Kier alpha value is -3.23. The Morgan fingerprint density at radius 3 is 2.46 bits per heavy atom. The predicted octanol–water partition coefficient (Wildman–Crippen LogP) is 4.31. The van der Waals surface area contributed by atoms with Crippen LogP contribution in [0.5, 0.6) is 5.75 Å². The van der Waals surface area contributed by atoms with Gasteiger partial charge < -0.3 is 19.5 Å². The number of benzene rings is 2. The number of rotatable bonds is 9. The zero-order valence-electron chi connectivity index (χ0n) is 21.7. The van der Waals surface area contributed by atoms with Gasteiger partial charge in [-0.15, -0.1) is 0 Å². The number of morpholine rings is 1. The Kier molecular flexibility index (Phi) is 8.61. The van der Waals surface area contributed by atoms with E-state index in [1.54, 1.807) is 30.3 Å². The van der Waals surface area contributed by atoms with E-state index in [9.17, 15) is 19.1 Å². The van der Waals surface area contributed by atoms with Gasteiger partial charge in [0.25, 0.3) is 11.7 Å². The van der Waals surface area contributed by atoms with E-state index in [2.05, 4.69) is 18.7 Å². The number of carbonyl (C=O) groups excluding carboxylic acids is 2. The van der Waals surface area contributed by atoms with Crippen LogP contribution in [0.2, 0.25) is 0 Å². The molecule has 37 heavy (non-hydrogen) atoms. The Balaban J connectivity index is 1.65. The average Bonchev–Trinajstić information content (AvgIpc) is 3.13. The van der Waals surface area contributed by atoms with Crippen LogP contribution < -0.4 is 4.74 Å². The molecule has 2 saturated heterocycles. The number of carbonyl (C=O) groups is 2. The molecule has 0 radical (unpaired) electrons. The van der Waals surface area contributed by atoms with Gasteiger partial charge in [-0.3, -0.25) is 14.5 Å². The summed E-state index contributed by atoms with van der Waals surface area (Å²) < 4.78 is 24.9. The van der Waals surface area contributed by atoms with E-state index in [1.165, 1.54) is 17.0 Å². The third-order valence-corrected chi connectivity index (χ3v) is 6.72. The maximum atomic E-state index is 13.7. The number of hydrogen-bond acceptors (Lipinski definition) is 6. The molecule has 198 valence electrons. The minimum Gasteiger partial charge on any atom is -0.507 e. The summed E-state index contributed by atoms with van der Waals surface area (Å²) in [7, 11) is 0. The van der Waals surface area contributed by atoms with Crippen LogP contribution in [0.3, 0.4) is 0 Å². The zero-order chi connectivity index (χ0) is 26.5. The molecule has 2 heterocycles. The highest BCUT2D eigenvalue weighted by Crippen LogP contribution is 2.40. The van der Waals surface area contributed by atoms with Gasteiger partial charge in [-0.25, -0.2) is 4.39 Å². The number of ketones is 1. The Bertz CT molecular complexity index is 1160. The second-order valence-electron chi connectivity index (χ2n) is 10.0. The maximum Gasteiger partial charge on any atom is 0.295 e. The van der Waals surface area contributed by atoms with E-state index in [1.807, 2.05) is 6.92 Å². The largest absolute Gasteiger partial charge is 0.507 e. The Morgan fingerprint density at radius 1 is 1.11 bits per heavy atom. The molecular formula is C29H35FN2O5. The molecule has 1 N–H and O–H groups in total. The van der Waals surface area contributed by atoms with Crippen molar-refractivity contribution in [1.29, 1.82) is 0 Å². The summed E-state index contributed by atoms with van der Waals surface area (Å²) in [4.78, 5) is 30.2. The molecule has 1 atom stereocenters. The fraction of sp³-hybridized carbons (Fsp3) is 0.448. The number of aryl methyl sites for hydroxylation is 1. The Labute approximate surface area is 217 Å². The van der Waals surface area contributed by atoms with Crippen LogP contribution >= 0.6 is 0 Å². The summed E-state index contributed by atoms with van der Waals surface area (Å²) in [5.41, 5.74) is 1.82. The molecule has 0 aliphatic carbocycles. The number of likely N-dealkylation sites (tertiary alicyclic amines) is 1. The fourth-order valence-electron chi connectivity index (χ4n) is 4.76. The number of ether oxygens (including phenoxy) is 2. The van der Waals surface area contributed by atoms with E-state index < -0.39 is 23.5 Å². The van der Waals surface area contributed by atoms with Crippen LogP contribution in [-0.2, 0) is 14.3 Å². The fourth-order valence-corrected chi connectivity index (χ4v) is 4.76. The smallest absolute Gasteiger partial charge is 0.295 e.